The van der Waals surface area contributed by atoms with Gasteiger partial charge in [0.15, 0.2) is 5.75 Å². The lowest BCUT2D eigenvalue weighted by atomic mass is 9.99. The fourth-order valence-electron chi connectivity index (χ4n) is 4.63. The normalized spacial score (nSPS) is 22.8. The molecule has 2 heterocycles. The van der Waals surface area contributed by atoms with E-state index in [0.717, 1.165) is 26.2 Å². The summed E-state index contributed by atoms with van der Waals surface area (Å²) in [7, 11) is 0. The SMILES string of the molecule is CCCCCCCCCCCCOc1ccc2c(O[C@@H]3O[C@H](CO)[C@H](O)[C@H](O)[C@H]3O)c(OC(C)=O)c(=O)oc2c1. The maximum atomic E-state index is 12.7. The molecule has 0 spiro atoms. The van der Waals surface area contributed by atoms with Crippen molar-refractivity contribution < 1.29 is 48.6 Å². The zero-order valence-electron chi connectivity index (χ0n) is 23.3. The molecule has 0 unspecified atom stereocenters. The molecule has 11 nitrogen and oxygen atoms in total. The summed E-state index contributed by atoms with van der Waals surface area (Å²) in [6, 6.07) is 4.68. The quantitative estimate of drug-likeness (QED) is 0.134. The highest BCUT2D eigenvalue weighted by atomic mass is 16.7. The van der Waals surface area contributed by atoms with Gasteiger partial charge in [-0.05, 0) is 18.6 Å². The van der Waals surface area contributed by atoms with Crippen molar-refractivity contribution in [3.8, 4) is 17.2 Å². The first kappa shape index (κ1) is 31.8. The third-order valence-corrected chi connectivity index (χ3v) is 6.89. The zero-order chi connectivity index (χ0) is 29.1. The number of carbonyl (C=O) groups is 1. The predicted octanol–water partition coefficient (Wildman–Crippen LogP) is 3.20. The predicted molar refractivity (Wildman–Crippen MR) is 146 cm³/mol. The molecule has 5 atom stereocenters. The number of aliphatic hydroxyl groups is 4. The van der Waals surface area contributed by atoms with Crippen LogP contribution in [0.5, 0.6) is 17.2 Å². The zero-order valence-corrected chi connectivity index (χ0v) is 23.3. The number of esters is 1. The lowest BCUT2D eigenvalue weighted by molar-refractivity contribution is -0.277. The molecule has 1 aliphatic rings. The van der Waals surface area contributed by atoms with E-state index in [4.69, 9.17) is 23.4 Å². The smallest absolute Gasteiger partial charge is 0.383 e. The third-order valence-electron chi connectivity index (χ3n) is 6.89. The van der Waals surface area contributed by atoms with Crippen molar-refractivity contribution >= 4 is 16.9 Å². The number of aliphatic hydroxyl groups excluding tert-OH is 4. The second-order valence-electron chi connectivity index (χ2n) is 10.1. The fraction of sp³-hybridized carbons (Fsp3) is 0.655. The molecule has 1 aliphatic heterocycles. The monoisotopic (exact) mass is 566 g/mol. The highest BCUT2D eigenvalue weighted by Gasteiger charge is 2.45. The van der Waals surface area contributed by atoms with Crippen molar-refractivity contribution in [1.29, 1.82) is 0 Å². The maximum Gasteiger partial charge on any atom is 0.383 e. The van der Waals surface area contributed by atoms with E-state index in [1.165, 1.54) is 51.0 Å². The molecule has 4 N–H and O–H groups in total. The Labute approximate surface area is 233 Å². The summed E-state index contributed by atoms with van der Waals surface area (Å²) in [6.07, 6.45) is 4.18. The topological polar surface area (TPSA) is 165 Å². The first-order valence-electron chi connectivity index (χ1n) is 14.2. The average molecular weight is 567 g/mol. The van der Waals surface area contributed by atoms with E-state index < -0.39 is 54.7 Å². The molecule has 0 aliphatic carbocycles. The largest absolute Gasteiger partial charge is 0.493 e. The van der Waals surface area contributed by atoms with Gasteiger partial charge in [-0.1, -0.05) is 64.7 Å². The molecule has 0 amide bonds. The molecule has 0 bridgehead atoms. The van der Waals surface area contributed by atoms with E-state index in [1.807, 2.05) is 0 Å². The number of rotatable bonds is 16. The average Bonchev–Trinajstić information content (AvgIpc) is 2.93. The molecule has 1 aromatic heterocycles. The van der Waals surface area contributed by atoms with Crippen LogP contribution in [-0.2, 0) is 9.53 Å². The van der Waals surface area contributed by atoms with Gasteiger partial charge in [-0.2, -0.15) is 0 Å². The number of hydrogen-bond donors (Lipinski definition) is 4. The summed E-state index contributed by atoms with van der Waals surface area (Å²) in [5.74, 6) is -1.20. The summed E-state index contributed by atoms with van der Waals surface area (Å²) in [6.45, 7) is 3.13. The van der Waals surface area contributed by atoms with Crippen LogP contribution < -0.4 is 19.8 Å². The van der Waals surface area contributed by atoms with Crippen molar-refractivity contribution in [3.05, 3.63) is 28.6 Å². The summed E-state index contributed by atoms with van der Waals surface area (Å²) in [5.41, 5.74) is -0.949. The molecule has 3 rings (SSSR count). The van der Waals surface area contributed by atoms with Gasteiger partial charge >= 0.3 is 11.6 Å². The highest BCUT2D eigenvalue weighted by Crippen LogP contribution is 2.37. The van der Waals surface area contributed by atoms with Gasteiger partial charge in [0.1, 0.15) is 35.7 Å². The van der Waals surface area contributed by atoms with Crippen molar-refractivity contribution in [3.63, 3.8) is 0 Å². The summed E-state index contributed by atoms with van der Waals surface area (Å²) in [5, 5.41) is 40.2. The molecule has 11 heteroatoms. The van der Waals surface area contributed by atoms with Crippen LogP contribution in [0.15, 0.2) is 27.4 Å². The van der Waals surface area contributed by atoms with Crippen molar-refractivity contribution in [2.75, 3.05) is 13.2 Å². The number of benzene rings is 1. The number of carbonyl (C=O) groups excluding carboxylic acids is 1. The number of fused-ring (bicyclic) bond motifs is 1. The van der Waals surface area contributed by atoms with Crippen LogP contribution in [-0.4, -0.2) is 70.3 Å². The van der Waals surface area contributed by atoms with Crippen molar-refractivity contribution in [2.45, 2.75) is 109 Å². The van der Waals surface area contributed by atoms with Crippen LogP contribution >= 0.6 is 0 Å². The van der Waals surface area contributed by atoms with E-state index in [0.29, 0.717) is 12.4 Å². The van der Waals surface area contributed by atoms with Gasteiger partial charge in [0.25, 0.3) is 5.75 Å². The van der Waals surface area contributed by atoms with Gasteiger partial charge in [-0.25, -0.2) is 4.79 Å². The summed E-state index contributed by atoms with van der Waals surface area (Å²) < 4.78 is 27.4. The first-order valence-corrected chi connectivity index (χ1v) is 14.2. The third kappa shape index (κ3) is 8.65. The number of unbranched alkanes of at least 4 members (excludes halogenated alkanes) is 9. The minimum absolute atomic E-state index is 0.0704. The van der Waals surface area contributed by atoms with Gasteiger partial charge in [-0.3, -0.25) is 4.79 Å². The van der Waals surface area contributed by atoms with E-state index in [-0.39, 0.29) is 16.7 Å². The standard InChI is InChI=1S/C29H42O11/c1-3-4-5-6-7-8-9-10-11-12-15-36-19-13-14-20-21(16-19)38-28(35)27(37-18(2)31)26(20)40-29-25(34)24(33)23(32)22(17-30)39-29/h13-14,16,22-25,29-30,32-34H,3-12,15,17H2,1-2H3/t22-,23+,24+,25-,29+/m1/s1. The Kier molecular flexibility index (Phi) is 12.7. The maximum absolute atomic E-state index is 12.7. The molecular weight excluding hydrogens is 524 g/mol. The Morgan fingerprint density at radius 2 is 1.55 bits per heavy atom. The minimum atomic E-state index is -1.74. The lowest BCUT2D eigenvalue weighted by Crippen LogP contribution is -2.60. The fourth-order valence-corrected chi connectivity index (χ4v) is 4.63. The number of hydrogen-bond acceptors (Lipinski definition) is 11. The molecule has 224 valence electrons. The molecule has 1 saturated heterocycles. The van der Waals surface area contributed by atoms with Gasteiger partial charge in [-0.15, -0.1) is 0 Å². The van der Waals surface area contributed by atoms with Gasteiger partial charge in [0, 0.05) is 13.0 Å². The van der Waals surface area contributed by atoms with Crippen molar-refractivity contribution in [2.24, 2.45) is 0 Å². The molecular formula is C29H42O11. The van der Waals surface area contributed by atoms with Crippen LogP contribution in [0.25, 0.3) is 11.0 Å². The second kappa shape index (κ2) is 15.9. The van der Waals surface area contributed by atoms with Crippen LogP contribution in [0.1, 0.15) is 78.1 Å². The van der Waals surface area contributed by atoms with Crippen LogP contribution in [0, 0.1) is 0 Å². The van der Waals surface area contributed by atoms with Gasteiger partial charge < -0.3 is 43.8 Å². The first-order chi connectivity index (χ1) is 19.3. The van der Waals surface area contributed by atoms with Crippen LogP contribution in [0.4, 0.5) is 0 Å². The molecule has 1 fully saturated rings. The molecule has 0 radical (unpaired) electrons. The van der Waals surface area contributed by atoms with Crippen LogP contribution in [0.2, 0.25) is 0 Å². The molecule has 0 saturated carbocycles. The summed E-state index contributed by atoms with van der Waals surface area (Å²) in [4.78, 5) is 24.4. The van der Waals surface area contributed by atoms with Gasteiger partial charge in [0.2, 0.25) is 6.29 Å². The molecule has 2 aromatic rings. The van der Waals surface area contributed by atoms with E-state index in [1.54, 1.807) is 12.1 Å². The highest BCUT2D eigenvalue weighted by molar-refractivity contribution is 5.87. The van der Waals surface area contributed by atoms with Crippen molar-refractivity contribution in [1.82, 2.24) is 0 Å². The summed E-state index contributed by atoms with van der Waals surface area (Å²) >= 11 is 0. The Bertz CT molecular complexity index is 1130. The lowest BCUT2D eigenvalue weighted by Gasteiger charge is -2.39. The molecule has 1 aromatic carbocycles. The van der Waals surface area contributed by atoms with E-state index >= 15 is 0 Å². The van der Waals surface area contributed by atoms with E-state index in [9.17, 15) is 30.0 Å². The van der Waals surface area contributed by atoms with E-state index in [2.05, 4.69) is 6.92 Å². The Morgan fingerprint density at radius 3 is 2.17 bits per heavy atom. The Morgan fingerprint density at radius 1 is 0.900 bits per heavy atom. The molecule has 40 heavy (non-hydrogen) atoms. The Hall–Kier alpha value is -2.70. The van der Waals surface area contributed by atoms with Gasteiger partial charge in [0.05, 0.1) is 18.6 Å². The van der Waals surface area contributed by atoms with Crippen LogP contribution in [0.3, 0.4) is 0 Å². The minimum Gasteiger partial charge on any atom is -0.493 e. The Balaban J connectivity index is 1.67. The number of ether oxygens (including phenoxy) is 4. The second-order valence-corrected chi connectivity index (χ2v) is 10.1.